The van der Waals surface area contributed by atoms with E-state index in [1.165, 1.54) is 0 Å². The molecule has 0 fully saturated rings. The van der Waals surface area contributed by atoms with Gasteiger partial charge in [0, 0.05) is 6.42 Å². The molecule has 0 aromatic heterocycles. The van der Waals surface area contributed by atoms with Gasteiger partial charge in [0.1, 0.15) is 0 Å². The van der Waals surface area contributed by atoms with Crippen LogP contribution in [-0.4, -0.2) is 20.2 Å². The van der Waals surface area contributed by atoms with Gasteiger partial charge < -0.3 is 4.43 Å². The summed E-state index contributed by atoms with van der Waals surface area (Å²) in [4.78, 5) is 11.3. The number of carbonyl (C=O) groups is 1. The van der Waals surface area contributed by atoms with E-state index in [9.17, 15) is 4.79 Å². The second kappa shape index (κ2) is 4.45. The molecule has 0 aromatic carbocycles. The molecule has 2 nitrogen and oxygen atoms in total. The van der Waals surface area contributed by atoms with Gasteiger partial charge in [-0.25, -0.2) is 0 Å². The highest BCUT2D eigenvalue weighted by Gasteiger charge is 2.39. The molecule has 0 bridgehead atoms. The average Bonchev–Trinajstić information content (AvgIpc) is 2.08. The van der Waals surface area contributed by atoms with Crippen LogP contribution in [0.3, 0.4) is 0 Å². The summed E-state index contributed by atoms with van der Waals surface area (Å²) in [7, 11) is -1.71. The van der Waals surface area contributed by atoms with Crippen molar-refractivity contribution in [2.45, 2.75) is 64.8 Å². The van der Waals surface area contributed by atoms with E-state index in [0.29, 0.717) is 6.42 Å². The molecule has 0 aromatic rings. The van der Waals surface area contributed by atoms with Gasteiger partial charge in [0.25, 0.3) is 0 Å². The largest absolute Gasteiger partial charge is 0.410 e. The molecule has 0 radical (unpaired) electrons. The van der Waals surface area contributed by atoms with E-state index < -0.39 is 8.32 Å². The van der Waals surface area contributed by atoms with Crippen molar-refractivity contribution < 1.29 is 9.22 Å². The fraction of sp³-hybridized carbons (Fsp3) is 0.769. The Balaban J connectivity index is 2.76. The van der Waals surface area contributed by atoms with E-state index in [2.05, 4.69) is 33.9 Å². The van der Waals surface area contributed by atoms with Crippen molar-refractivity contribution in [2.24, 2.45) is 0 Å². The lowest BCUT2D eigenvalue weighted by Gasteiger charge is -2.40. The molecule has 0 spiro atoms. The molecule has 16 heavy (non-hydrogen) atoms. The van der Waals surface area contributed by atoms with Gasteiger partial charge in [-0.3, -0.25) is 4.79 Å². The monoisotopic (exact) mass is 240 g/mol. The first-order valence-corrected chi connectivity index (χ1v) is 8.93. The Morgan fingerprint density at radius 1 is 1.38 bits per heavy atom. The van der Waals surface area contributed by atoms with Crippen LogP contribution >= 0.6 is 0 Å². The predicted molar refractivity (Wildman–Crippen MR) is 70.1 cm³/mol. The standard InChI is InChI=1S/C13H24O2Si/c1-10-9-11(14)7-8-12(10)15-16(5,6)13(2,3)4/h9,12H,7-8H2,1-6H3/t12-/m1/s1. The molecule has 1 atom stereocenters. The maximum atomic E-state index is 11.3. The van der Waals surface area contributed by atoms with Crippen LogP contribution in [0.15, 0.2) is 11.6 Å². The van der Waals surface area contributed by atoms with Gasteiger partial charge in [-0.1, -0.05) is 20.8 Å². The van der Waals surface area contributed by atoms with Crippen molar-refractivity contribution in [3.63, 3.8) is 0 Å². The normalized spacial score (nSPS) is 23.2. The van der Waals surface area contributed by atoms with Crippen molar-refractivity contribution in [3.8, 4) is 0 Å². The zero-order chi connectivity index (χ0) is 12.6. The molecular formula is C13H24O2Si. The predicted octanol–water partition coefficient (Wildman–Crippen LogP) is 3.69. The minimum Gasteiger partial charge on any atom is -0.410 e. The SMILES string of the molecule is CC1=CC(=O)CC[C@H]1O[Si](C)(C)C(C)(C)C. The van der Waals surface area contributed by atoms with Crippen molar-refractivity contribution in [1.29, 1.82) is 0 Å². The molecule has 0 saturated heterocycles. The Labute approximate surface area is 100 Å². The van der Waals surface area contributed by atoms with Crippen LogP contribution in [0.5, 0.6) is 0 Å². The molecule has 1 rings (SSSR count). The second-order valence-electron chi connectivity index (χ2n) is 6.26. The third-order valence-electron chi connectivity index (χ3n) is 3.79. The number of hydrogen-bond donors (Lipinski definition) is 0. The first-order valence-electron chi connectivity index (χ1n) is 6.02. The summed E-state index contributed by atoms with van der Waals surface area (Å²) in [5, 5.41) is 0.231. The number of ketones is 1. The van der Waals surface area contributed by atoms with E-state index in [1.807, 2.05) is 6.92 Å². The third kappa shape index (κ3) is 3.05. The van der Waals surface area contributed by atoms with Gasteiger partial charge in [0.2, 0.25) is 0 Å². The molecule has 1 aliphatic carbocycles. The van der Waals surface area contributed by atoms with Gasteiger partial charge in [-0.15, -0.1) is 0 Å². The molecule has 0 unspecified atom stereocenters. The Morgan fingerprint density at radius 3 is 2.38 bits per heavy atom. The van der Waals surface area contributed by atoms with Crippen molar-refractivity contribution in [3.05, 3.63) is 11.6 Å². The number of hydrogen-bond acceptors (Lipinski definition) is 2. The smallest absolute Gasteiger partial charge is 0.192 e. The van der Waals surface area contributed by atoms with Gasteiger partial charge in [-0.05, 0) is 43.1 Å². The van der Waals surface area contributed by atoms with E-state index >= 15 is 0 Å². The number of carbonyl (C=O) groups excluding carboxylic acids is 1. The summed E-state index contributed by atoms with van der Waals surface area (Å²) in [6.45, 7) is 13.3. The van der Waals surface area contributed by atoms with E-state index in [0.717, 1.165) is 12.0 Å². The van der Waals surface area contributed by atoms with Gasteiger partial charge in [0.05, 0.1) is 6.10 Å². The molecule has 0 aliphatic heterocycles. The van der Waals surface area contributed by atoms with Crippen molar-refractivity contribution >= 4 is 14.1 Å². The van der Waals surface area contributed by atoms with Gasteiger partial charge >= 0.3 is 0 Å². The molecule has 92 valence electrons. The quantitative estimate of drug-likeness (QED) is 0.688. The first-order chi connectivity index (χ1) is 7.13. The summed E-state index contributed by atoms with van der Waals surface area (Å²) in [6.07, 6.45) is 3.41. The van der Waals surface area contributed by atoms with Crippen LogP contribution < -0.4 is 0 Å². The van der Waals surface area contributed by atoms with Crippen LogP contribution in [0, 0.1) is 0 Å². The lowest BCUT2D eigenvalue weighted by molar-refractivity contribution is -0.115. The van der Waals surface area contributed by atoms with Crippen molar-refractivity contribution in [1.82, 2.24) is 0 Å². The topological polar surface area (TPSA) is 26.3 Å². The number of rotatable bonds is 2. The average molecular weight is 240 g/mol. The van der Waals surface area contributed by atoms with Crippen LogP contribution in [0.4, 0.5) is 0 Å². The Bertz CT molecular complexity index is 310. The minimum atomic E-state index is -1.71. The zero-order valence-electron chi connectivity index (χ0n) is 11.4. The van der Waals surface area contributed by atoms with E-state index in [1.54, 1.807) is 6.08 Å². The molecule has 0 saturated carbocycles. The zero-order valence-corrected chi connectivity index (χ0v) is 12.4. The summed E-state index contributed by atoms with van der Waals surface area (Å²) in [5.41, 5.74) is 1.10. The highest BCUT2D eigenvalue weighted by atomic mass is 28.4. The summed E-state index contributed by atoms with van der Waals surface area (Å²) in [5.74, 6) is 0.243. The van der Waals surface area contributed by atoms with E-state index in [4.69, 9.17) is 4.43 Å². The molecular weight excluding hydrogens is 216 g/mol. The summed E-state index contributed by atoms with van der Waals surface area (Å²) in [6, 6.07) is 0. The third-order valence-corrected chi connectivity index (χ3v) is 8.28. The Hall–Kier alpha value is -0.413. The summed E-state index contributed by atoms with van der Waals surface area (Å²) >= 11 is 0. The number of allylic oxidation sites excluding steroid dienone is 1. The summed E-state index contributed by atoms with van der Waals surface area (Å²) < 4.78 is 6.32. The highest BCUT2D eigenvalue weighted by molar-refractivity contribution is 6.74. The highest BCUT2D eigenvalue weighted by Crippen LogP contribution is 2.39. The maximum absolute atomic E-state index is 11.3. The van der Waals surface area contributed by atoms with Crippen LogP contribution in [-0.2, 0) is 9.22 Å². The first kappa shape index (κ1) is 13.7. The van der Waals surface area contributed by atoms with Crippen molar-refractivity contribution in [2.75, 3.05) is 0 Å². The van der Waals surface area contributed by atoms with Crippen LogP contribution in [0.25, 0.3) is 0 Å². The molecule has 1 aliphatic rings. The molecule has 0 heterocycles. The maximum Gasteiger partial charge on any atom is 0.192 e. The fourth-order valence-electron chi connectivity index (χ4n) is 1.60. The lowest BCUT2D eigenvalue weighted by atomic mass is 9.97. The molecule has 0 N–H and O–H groups in total. The van der Waals surface area contributed by atoms with E-state index in [-0.39, 0.29) is 16.9 Å². The molecule has 0 amide bonds. The van der Waals surface area contributed by atoms with Gasteiger partial charge in [-0.2, -0.15) is 0 Å². The van der Waals surface area contributed by atoms with Crippen LogP contribution in [0.2, 0.25) is 18.1 Å². The van der Waals surface area contributed by atoms with Gasteiger partial charge in [0.15, 0.2) is 14.1 Å². The van der Waals surface area contributed by atoms with Crippen LogP contribution in [0.1, 0.15) is 40.5 Å². The molecule has 3 heteroatoms. The fourth-order valence-corrected chi connectivity index (χ4v) is 2.97. The minimum absolute atomic E-state index is 0.165. The Morgan fingerprint density at radius 2 is 1.94 bits per heavy atom. The Kier molecular flexibility index (Phi) is 3.80. The lowest BCUT2D eigenvalue weighted by Crippen LogP contribution is -2.44. The second-order valence-corrected chi connectivity index (χ2v) is 11.0.